The predicted molar refractivity (Wildman–Crippen MR) is 105 cm³/mol. The van der Waals surface area contributed by atoms with Gasteiger partial charge in [-0.1, -0.05) is 30.3 Å². The van der Waals surface area contributed by atoms with E-state index in [1.54, 1.807) is 7.11 Å². The average Bonchev–Trinajstić information content (AvgIpc) is 2.56. The monoisotopic (exact) mass is 362 g/mol. The van der Waals surface area contributed by atoms with Crippen LogP contribution in [0.15, 0.2) is 35.3 Å². The lowest BCUT2D eigenvalue weighted by molar-refractivity contribution is -0.0884. The molecule has 1 fully saturated rings. The first-order chi connectivity index (χ1) is 12.3. The van der Waals surface area contributed by atoms with E-state index in [-0.39, 0.29) is 23.9 Å². The van der Waals surface area contributed by atoms with Crippen molar-refractivity contribution in [3.63, 3.8) is 0 Å². The minimum Gasteiger partial charge on any atom is -0.451 e. The van der Waals surface area contributed by atoms with Gasteiger partial charge >= 0.3 is 6.08 Å². The van der Waals surface area contributed by atoms with E-state index in [1.807, 2.05) is 6.92 Å². The number of rotatable bonds is 6. The van der Waals surface area contributed by atoms with E-state index >= 15 is 0 Å². The maximum absolute atomic E-state index is 6.12. The molecular weight excluding hydrogens is 328 g/mol. The van der Waals surface area contributed by atoms with Crippen LogP contribution in [0.2, 0.25) is 0 Å². The number of likely N-dealkylation sites (tertiary alicyclic amines) is 1. The second-order valence-electron chi connectivity index (χ2n) is 8.12. The number of ether oxygens (including phenoxy) is 3. The molecule has 1 aromatic carbocycles. The van der Waals surface area contributed by atoms with Crippen LogP contribution in [-0.2, 0) is 20.8 Å². The third kappa shape index (κ3) is 5.45. The smallest absolute Gasteiger partial charge is 0.386 e. The van der Waals surface area contributed by atoms with Crippen molar-refractivity contribution in [1.29, 1.82) is 0 Å². The Morgan fingerprint density at radius 2 is 1.73 bits per heavy atom. The van der Waals surface area contributed by atoms with Gasteiger partial charge in [-0.25, -0.2) is 0 Å². The van der Waals surface area contributed by atoms with Crippen LogP contribution in [0.1, 0.15) is 53.0 Å². The number of aliphatic imine (C=N–C) groups is 1. The summed E-state index contributed by atoms with van der Waals surface area (Å²) in [5.74, 6) is 0. The Labute approximate surface area is 158 Å². The zero-order valence-electron chi connectivity index (χ0n) is 17.1. The first-order valence-electron chi connectivity index (χ1n) is 9.43. The zero-order valence-corrected chi connectivity index (χ0v) is 17.1. The van der Waals surface area contributed by atoms with Crippen molar-refractivity contribution in [3.8, 4) is 0 Å². The van der Waals surface area contributed by atoms with E-state index in [4.69, 9.17) is 14.2 Å². The zero-order chi connectivity index (χ0) is 19.2. The van der Waals surface area contributed by atoms with Crippen LogP contribution in [0.4, 0.5) is 0 Å². The van der Waals surface area contributed by atoms with Gasteiger partial charge in [0.2, 0.25) is 0 Å². The molecule has 0 atom stereocenters. The second kappa shape index (κ2) is 8.87. The lowest BCUT2D eigenvalue weighted by Gasteiger charge is -2.55. The molecule has 0 bridgehead atoms. The number of hydrogen-bond acceptors (Lipinski definition) is 5. The van der Waals surface area contributed by atoms with Crippen molar-refractivity contribution < 1.29 is 14.2 Å². The highest BCUT2D eigenvalue weighted by atomic mass is 16.7. The summed E-state index contributed by atoms with van der Waals surface area (Å²) in [4.78, 5) is 6.83. The number of benzene rings is 1. The summed E-state index contributed by atoms with van der Waals surface area (Å²) in [5.41, 5.74) is 1.34. The van der Waals surface area contributed by atoms with Crippen molar-refractivity contribution >= 4 is 6.08 Å². The highest BCUT2D eigenvalue weighted by molar-refractivity contribution is 5.67. The number of piperidine rings is 1. The lowest BCUT2D eigenvalue weighted by Crippen LogP contribution is -2.61. The molecule has 0 aromatic heterocycles. The van der Waals surface area contributed by atoms with Gasteiger partial charge in [0.05, 0.1) is 6.61 Å². The molecule has 0 saturated carbocycles. The van der Waals surface area contributed by atoms with Gasteiger partial charge in [0.15, 0.2) is 0 Å². The second-order valence-corrected chi connectivity index (χ2v) is 8.12. The Bertz CT molecular complexity index is 566. The maximum Gasteiger partial charge on any atom is 0.386 e. The first kappa shape index (κ1) is 20.7. The molecule has 1 heterocycles. The topological polar surface area (TPSA) is 43.3 Å². The Morgan fingerprint density at radius 1 is 1.12 bits per heavy atom. The van der Waals surface area contributed by atoms with Gasteiger partial charge in [0.1, 0.15) is 12.8 Å². The molecule has 5 nitrogen and oxygen atoms in total. The van der Waals surface area contributed by atoms with Crippen LogP contribution in [0.3, 0.4) is 0 Å². The van der Waals surface area contributed by atoms with E-state index in [0.717, 1.165) is 19.4 Å². The maximum atomic E-state index is 6.12. The molecule has 0 N–H and O–H groups in total. The largest absolute Gasteiger partial charge is 0.451 e. The molecular formula is C21H34N2O3. The molecule has 1 aliphatic heterocycles. The highest BCUT2D eigenvalue weighted by Gasteiger charge is 2.46. The van der Waals surface area contributed by atoms with Crippen molar-refractivity contribution in [2.75, 3.05) is 20.4 Å². The van der Waals surface area contributed by atoms with Gasteiger partial charge in [0.25, 0.3) is 0 Å². The lowest BCUT2D eigenvalue weighted by atomic mass is 9.77. The van der Waals surface area contributed by atoms with Crippen molar-refractivity contribution in [3.05, 3.63) is 35.9 Å². The Kier molecular flexibility index (Phi) is 7.07. The van der Waals surface area contributed by atoms with E-state index in [9.17, 15) is 0 Å². The summed E-state index contributed by atoms with van der Waals surface area (Å²) in [6.07, 6.45) is 2.24. The predicted octanol–water partition coefficient (Wildman–Crippen LogP) is 4.22. The third-order valence-electron chi connectivity index (χ3n) is 4.96. The standard InChI is InChI=1S/C21H34N2O3/c1-7-25-19(22-16-24-6)26-18-13-20(2,3)23(21(4,5)14-18)15-17-11-9-8-10-12-17/h8-12,18H,7,13-16H2,1-6H3. The Morgan fingerprint density at radius 3 is 2.27 bits per heavy atom. The summed E-state index contributed by atoms with van der Waals surface area (Å²) in [5, 5.41) is 0. The quantitative estimate of drug-likeness (QED) is 0.561. The molecule has 1 saturated heterocycles. The fourth-order valence-electron chi connectivity index (χ4n) is 4.00. The highest BCUT2D eigenvalue weighted by Crippen LogP contribution is 2.40. The van der Waals surface area contributed by atoms with Gasteiger partial charge in [-0.05, 0) is 40.2 Å². The molecule has 0 aliphatic carbocycles. The normalized spacial score (nSPS) is 20.8. The Balaban J connectivity index is 2.12. The molecule has 2 rings (SSSR count). The van der Waals surface area contributed by atoms with Crippen LogP contribution in [-0.4, -0.2) is 48.6 Å². The van der Waals surface area contributed by atoms with Gasteiger partial charge in [0, 0.05) is 37.6 Å². The molecule has 1 aromatic rings. The molecule has 146 valence electrons. The van der Waals surface area contributed by atoms with E-state index in [2.05, 4.69) is 67.9 Å². The number of methoxy groups -OCH3 is 1. The van der Waals surface area contributed by atoms with E-state index in [1.165, 1.54) is 5.56 Å². The summed E-state index contributed by atoms with van der Waals surface area (Å²) >= 11 is 0. The van der Waals surface area contributed by atoms with Crippen molar-refractivity contribution in [2.24, 2.45) is 4.99 Å². The average molecular weight is 363 g/mol. The molecule has 0 spiro atoms. The van der Waals surface area contributed by atoms with Gasteiger partial charge in [-0.3, -0.25) is 4.90 Å². The molecule has 0 radical (unpaired) electrons. The summed E-state index contributed by atoms with van der Waals surface area (Å²) < 4.78 is 16.7. The summed E-state index contributed by atoms with van der Waals surface area (Å²) in [6, 6.07) is 10.7. The molecule has 1 aliphatic rings. The Hall–Kier alpha value is -1.59. The van der Waals surface area contributed by atoms with Crippen LogP contribution in [0.5, 0.6) is 0 Å². The fraction of sp³-hybridized carbons (Fsp3) is 0.667. The van der Waals surface area contributed by atoms with Gasteiger partial charge in [-0.2, -0.15) is 4.99 Å². The summed E-state index contributed by atoms with van der Waals surface area (Å²) in [6.45, 7) is 12.8. The minimum atomic E-state index is 0.000832. The van der Waals surface area contributed by atoms with E-state index in [0.29, 0.717) is 12.7 Å². The number of nitrogens with zero attached hydrogens (tertiary/aromatic N) is 2. The minimum absolute atomic E-state index is 0.000832. The fourth-order valence-corrected chi connectivity index (χ4v) is 4.00. The van der Waals surface area contributed by atoms with Crippen molar-refractivity contribution in [2.45, 2.75) is 71.2 Å². The molecule has 0 amide bonds. The molecule has 26 heavy (non-hydrogen) atoms. The van der Waals surface area contributed by atoms with Crippen LogP contribution < -0.4 is 0 Å². The SMILES string of the molecule is CCOC(=NCOC)OC1CC(C)(C)N(Cc2ccccc2)C(C)(C)C1. The van der Waals surface area contributed by atoms with Crippen LogP contribution >= 0.6 is 0 Å². The number of hydrogen-bond donors (Lipinski definition) is 0. The summed E-state index contributed by atoms with van der Waals surface area (Å²) in [7, 11) is 1.61. The third-order valence-corrected chi connectivity index (χ3v) is 4.96. The first-order valence-corrected chi connectivity index (χ1v) is 9.43. The van der Waals surface area contributed by atoms with Gasteiger partial charge in [-0.15, -0.1) is 0 Å². The van der Waals surface area contributed by atoms with E-state index < -0.39 is 0 Å². The van der Waals surface area contributed by atoms with Crippen LogP contribution in [0.25, 0.3) is 0 Å². The molecule has 0 unspecified atom stereocenters. The van der Waals surface area contributed by atoms with Gasteiger partial charge < -0.3 is 14.2 Å². The van der Waals surface area contributed by atoms with Crippen molar-refractivity contribution in [1.82, 2.24) is 4.90 Å². The van der Waals surface area contributed by atoms with Crippen LogP contribution in [0, 0.1) is 0 Å². The molecule has 5 heteroatoms.